The fraction of sp³-hybridized carbons (Fsp3) is 0.500. The molecule has 3 rings (SSSR count). The highest BCUT2D eigenvalue weighted by molar-refractivity contribution is 7.90. The summed E-state index contributed by atoms with van der Waals surface area (Å²) in [5, 5.41) is 3.03. The zero-order chi connectivity index (χ0) is 16.6. The molecule has 2 aliphatic rings. The third-order valence-corrected chi connectivity index (χ3v) is 6.14. The minimum Gasteiger partial charge on any atom is -0.478 e. The number of oxime groups is 1. The second-order valence-corrected chi connectivity index (χ2v) is 8.38. The van der Waals surface area contributed by atoms with Crippen LogP contribution >= 0.6 is 0 Å². The molecule has 6 nitrogen and oxygen atoms in total. The van der Waals surface area contributed by atoms with Crippen LogP contribution in [-0.2, 0) is 30.6 Å². The van der Waals surface area contributed by atoms with E-state index in [0.717, 1.165) is 17.5 Å². The zero-order valence-electron chi connectivity index (χ0n) is 13.1. The first-order valence-electron chi connectivity index (χ1n) is 7.52. The molecule has 1 heterocycles. The van der Waals surface area contributed by atoms with Crippen molar-refractivity contribution in [2.75, 3.05) is 12.9 Å². The lowest BCUT2D eigenvalue weighted by molar-refractivity contribution is -0.140. The molecule has 0 N–H and O–H groups in total. The van der Waals surface area contributed by atoms with Crippen molar-refractivity contribution in [3.8, 4) is 0 Å². The number of carbonyl (C=O) groups is 1. The smallest absolute Gasteiger partial charge is 0.344 e. The van der Waals surface area contributed by atoms with Gasteiger partial charge in [-0.25, -0.2) is 13.2 Å². The molecule has 0 spiro atoms. The van der Waals surface area contributed by atoms with Crippen molar-refractivity contribution in [3.05, 3.63) is 35.4 Å². The molecule has 0 fully saturated rings. The molecule has 7 heteroatoms. The number of rotatable bonds is 3. The monoisotopic (exact) mass is 337 g/mol. The van der Waals surface area contributed by atoms with Gasteiger partial charge in [-0.15, -0.1) is 0 Å². The highest BCUT2D eigenvalue weighted by atomic mass is 32.2. The minimum atomic E-state index is -3.23. The maximum Gasteiger partial charge on any atom is 0.344 e. The molecular formula is C16H19NO5S. The molecule has 124 valence electrons. The fourth-order valence-corrected chi connectivity index (χ4v) is 5.09. The number of ether oxygens (including phenoxy) is 1. The molecule has 1 aromatic carbocycles. The van der Waals surface area contributed by atoms with Gasteiger partial charge in [0.25, 0.3) is 0 Å². The summed E-state index contributed by atoms with van der Waals surface area (Å²) in [6.07, 6.45) is 2.06. The van der Waals surface area contributed by atoms with E-state index in [9.17, 15) is 13.2 Å². The Hall–Kier alpha value is -1.89. The predicted octanol–water partition coefficient (Wildman–Crippen LogP) is 1.86. The Bertz CT molecular complexity index is 755. The van der Waals surface area contributed by atoms with E-state index < -0.39 is 21.1 Å². The van der Waals surface area contributed by atoms with Crippen molar-refractivity contribution in [2.45, 2.75) is 25.0 Å². The lowest BCUT2D eigenvalue weighted by Gasteiger charge is -2.36. The molecule has 3 atom stereocenters. The maximum absolute atomic E-state index is 12.3. The van der Waals surface area contributed by atoms with Crippen LogP contribution in [0.1, 0.15) is 29.7 Å². The van der Waals surface area contributed by atoms with Gasteiger partial charge in [-0.1, -0.05) is 31.2 Å². The number of fused-ring (bicyclic) bond motifs is 1. The molecule has 1 aromatic rings. The highest BCUT2D eigenvalue weighted by Gasteiger charge is 2.40. The number of hydrogen-bond acceptors (Lipinski definition) is 6. The molecule has 1 unspecified atom stereocenters. The van der Waals surface area contributed by atoms with Crippen molar-refractivity contribution in [3.63, 3.8) is 0 Å². The van der Waals surface area contributed by atoms with E-state index >= 15 is 0 Å². The van der Waals surface area contributed by atoms with Crippen LogP contribution < -0.4 is 0 Å². The molecule has 1 aliphatic heterocycles. The summed E-state index contributed by atoms with van der Waals surface area (Å²) >= 11 is 0. The third-order valence-electron chi connectivity index (χ3n) is 4.53. The van der Waals surface area contributed by atoms with Crippen molar-refractivity contribution in [1.29, 1.82) is 0 Å². The van der Waals surface area contributed by atoms with Crippen LogP contribution in [0.4, 0.5) is 0 Å². The zero-order valence-corrected chi connectivity index (χ0v) is 13.9. The molecule has 0 aromatic heterocycles. The van der Waals surface area contributed by atoms with Crippen molar-refractivity contribution in [2.24, 2.45) is 17.0 Å². The molecule has 0 bridgehead atoms. The average Bonchev–Trinajstić information content (AvgIpc) is 2.89. The Morgan fingerprint density at radius 3 is 2.74 bits per heavy atom. The van der Waals surface area contributed by atoms with Gasteiger partial charge in [-0.05, 0) is 28.6 Å². The van der Waals surface area contributed by atoms with Crippen molar-refractivity contribution >= 4 is 21.7 Å². The summed E-state index contributed by atoms with van der Waals surface area (Å²) in [7, 11) is -3.23. The number of benzene rings is 1. The van der Waals surface area contributed by atoms with E-state index in [0.29, 0.717) is 6.61 Å². The topological polar surface area (TPSA) is 82.0 Å². The summed E-state index contributed by atoms with van der Waals surface area (Å²) in [4.78, 5) is 15.5. The molecule has 0 saturated heterocycles. The molecule has 0 amide bonds. The van der Waals surface area contributed by atoms with Gasteiger partial charge in [-0.2, -0.15) is 0 Å². The first-order chi connectivity index (χ1) is 10.9. The van der Waals surface area contributed by atoms with Crippen LogP contribution in [0, 0.1) is 11.8 Å². The van der Waals surface area contributed by atoms with Gasteiger partial charge in [0.05, 0.1) is 11.9 Å². The second-order valence-electron chi connectivity index (χ2n) is 6.21. The first kappa shape index (κ1) is 16.0. The molecule has 0 radical (unpaired) electrons. The van der Waals surface area contributed by atoms with Crippen LogP contribution in [0.5, 0.6) is 0 Å². The van der Waals surface area contributed by atoms with Crippen molar-refractivity contribution in [1.82, 2.24) is 0 Å². The number of nitrogens with zero attached hydrogens (tertiary/aromatic N) is 1. The average molecular weight is 337 g/mol. The summed E-state index contributed by atoms with van der Waals surface area (Å²) in [6, 6.07) is 7.64. The molecule has 0 saturated carbocycles. The standard InChI is InChI=1S/C16H19NO5S/c1-10-12(9-21-14-8-15(18)22-17-14)7-11-5-3-4-6-13(11)16(10)23(2,19)20/h3-6,10,12,16H,7-9H2,1-2H3/t10-,12+,16?/m1/s1. The van der Waals surface area contributed by atoms with Gasteiger partial charge in [0.1, 0.15) is 6.42 Å². The number of carbonyl (C=O) groups excluding carboxylic acids is 1. The van der Waals surface area contributed by atoms with Gasteiger partial charge in [0.15, 0.2) is 9.84 Å². The summed E-state index contributed by atoms with van der Waals surface area (Å²) < 4.78 is 30.1. The summed E-state index contributed by atoms with van der Waals surface area (Å²) in [5.74, 6) is -0.227. The van der Waals surface area contributed by atoms with Gasteiger partial charge in [0, 0.05) is 12.2 Å². The summed E-state index contributed by atoms with van der Waals surface area (Å²) in [6.45, 7) is 2.25. The largest absolute Gasteiger partial charge is 0.478 e. The molecular weight excluding hydrogens is 318 g/mol. The van der Waals surface area contributed by atoms with Gasteiger partial charge in [0.2, 0.25) is 5.90 Å². The van der Waals surface area contributed by atoms with Gasteiger partial charge < -0.3 is 9.57 Å². The van der Waals surface area contributed by atoms with E-state index in [4.69, 9.17) is 4.74 Å². The van der Waals surface area contributed by atoms with E-state index in [1.807, 2.05) is 31.2 Å². The Balaban J connectivity index is 1.82. The van der Waals surface area contributed by atoms with Crippen molar-refractivity contribution < 1.29 is 22.8 Å². The fourth-order valence-electron chi connectivity index (χ4n) is 3.40. The Morgan fingerprint density at radius 2 is 2.09 bits per heavy atom. The Kier molecular flexibility index (Phi) is 4.14. The van der Waals surface area contributed by atoms with Gasteiger partial charge in [-0.3, -0.25) is 0 Å². The Morgan fingerprint density at radius 1 is 1.35 bits per heavy atom. The predicted molar refractivity (Wildman–Crippen MR) is 84.5 cm³/mol. The van der Waals surface area contributed by atoms with Crippen LogP contribution in [0.15, 0.2) is 29.4 Å². The SMILES string of the molecule is C[C@H]1C(S(C)(=O)=O)c2ccccc2C[C@H]1COC1=NOC(=O)C1. The van der Waals surface area contributed by atoms with E-state index in [1.54, 1.807) is 0 Å². The normalized spacial score (nSPS) is 27.1. The first-order valence-corrected chi connectivity index (χ1v) is 9.48. The van der Waals surface area contributed by atoms with Crippen LogP contribution in [0.3, 0.4) is 0 Å². The maximum atomic E-state index is 12.3. The second kappa shape index (κ2) is 5.96. The number of sulfone groups is 1. The minimum absolute atomic E-state index is 0.0306. The van der Waals surface area contributed by atoms with Crippen LogP contribution in [-0.4, -0.2) is 33.1 Å². The molecule has 1 aliphatic carbocycles. The van der Waals surface area contributed by atoms with Crippen LogP contribution in [0.2, 0.25) is 0 Å². The van der Waals surface area contributed by atoms with Crippen LogP contribution in [0.25, 0.3) is 0 Å². The highest BCUT2D eigenvalue weighted by Crippen LogP contribution is 2.42. The summed E-state index contributed by atoms with van der Waals surface area (Å²) in [5.41, 5.74) is 1.92. The molecule has 23 heavy (non-hydrogen) atoms. The number of hydrogen-bond donors (Lipinski definition) is 0. The Labute approximate surface area is 135 Å². The third kappa shape index (κ3) is 3.24. The van der Waals surface area contributed by atoms with Gasteiger partial charge >= 0.3 is 5.97 Å². The lowest BCUT2D eigenvalue weighted by Crippen LogP contribution is -2.35. The van der Waals surface area contributed by atoms with E-state index in [2.05, 4.69) is 9.99 Å². The van der Waals surface area contributed by atoms with E-state index in [1.165, 1.54) is 6.26 Å². The quantitative estimate of drug-likeness (QED) is 0.786. The van der Waals surface area contributed by atoms with E-state index in [-0.39, 0.29) is 24.2 Å². The lowest BCUT2D eigenvalue weighted by atomic mass is 9.77.